The third kappa shape index (κ3) is 5.55. The number of hydrogen-bond donors (Lipinski definition) is 4. The summed E-state index contributed by atoms with van der Waals surface area (Å²) in [7, 11) is -9.12. The van der Waals surface area contributed by atoms with E-state index in [1.165, 1.54) is 12.1 Å². The second kappa shape index (κ2) is 9.33. The Morgan fingerprint density at radius 2 is 1.41 bits per heavy atom. The molecule has 1 atom stereocenters. The second-order valence-corrected chi connectivity index (χ2v) is 11.1. The summed E-state index contributed by atoms with van der Waals surface area (Å²) >= 11 is 0. The number of hydrogen-bond acceptors (Lipinski definition) is 7. The molecule has 0 saturated heterocycles. The van der Waals surface area contributed by atoms with E-state index in [4.69, 9.17) is 4.74 Å². The van der Waals surface area contributed by atoms with Gasteiger partial charge in [0.25, 0.3) is 20.2 Å². The molecule has 0 bridgehead atoms. The maximum Gasteiger partial charge on any atom is 0.407 e. The summed E-state index contributed by atoms with van der Waals surface area (Å²) in [6, 6.07) is 6.26. The number of ether oxygens (including phenoxy) is 1. The minimum absolute atomic E-state index is 0.00369. The molecule has 13 heteroatoms. The number of carboxylic acids is 1. The van der Waals surface area contributed by atoms with Crippen molar-refractivity contribution in [1.82, 2.24) is 5.32 Å². The van der Waals surface area contributed by atoms with Crippen LogP contribution in [0.2, 0.25) is 0 Å². The molecular formula is C21H23NO10S2. The standard InChI is InChI=1S/C21H23NO10S2/c1-11(2)7-19(20(23)24)22-21(25)32-10-18-14-5-3-12(33(26,27)28)8-16(14)17-9-13(34(29,30)31)4-6-15(17)18/h3-6,8-9,11,18-19H,7,10H2,1-2H3,(H,22,25)(H,23,24)(H,26,27,28)(H,29,30,31)/t19-/m0/s1. The third-order valence-electron chi connectivity index (χ3n) is 5.36. The topological polar surface area (TPSA) is 184 Å². The molecule has 0 unspecified atom stereocenters. The first kappa shape index (κ1) is 25.6. The molecule has 0 radical (unpaired) electrons. The van der Waals surface area contributed by atoms with Crippen molar-refractivity contribution in [3.05, 3.63) is 47.5 Å². The van der Waals surface area contributed by atoms with Gasteiger partial charge in [-0.15, -0.1) is 0 Å². The number of amides is 1. The van der Waals surface area contributed by atoms with Crippen LogP contribution in [0.25, 0.3) is 11.1 Å². The van der Waals surface area contributed by atoms with Crippen LogP contribution >= 0.6 is 0 Å². The third-order valence-corrected chi connectivity index (χ3v) is 7.06. The average Bonchev–Trinajstić information content (AvgIpc) is 3.02. The first-order valence-electron chi connectivity index (χ1n) is 10.1. The van der Waals surface area contributed by atoms with Gasteiger partial charge in [-0.05, 0) is 58.9 Å². The predicted octanol–water partition coefficient (Wildman–Crippen LogP) is 2.52. The Kier molecular flexibility index (Phi) is 7.03. The van der Waals surface area contributed by atoms with Crippen LogP contribution in [0.15, 0.2) is 46.2 Å². The van der Waals surface area contributed by atoms with Gasteiger partial charge in [-0.2, -0.15) is 16.8 Å². The molecule has 0 saturated carbocycles. The molecule has 3 rings (SSSR count). The molecule has 11 nitrogen and oxygen atoms in total. The summed E-state index contributed by atoms with van der Waals surface area (Å²) < 4.78 is 70.4. The summed E-state index contributed by atoms with van der Waals surface area (Å²) in [4.78, 5) is 22.8. The Balaban J connectivity index is 1.94. The summed E-state index contributed by atoms with van der Waals surface area (Å²) in [6.07, 6.45) is -0.775. The Morgan fingerprint density at radius 3 is 1.79 bits per heavy atom. The zero-order valence-electron chi connectivity index (χ0n) is 18.1. The largest absolute Gasteiger partial charge is 0.480 e. The van der Waals surface area contributed by atoms with Crippen LogP contribution in [0.1, 0.15) is 37.3 Å². The number of aliphatic carboxylic acids is 1. The van der Waals surface area contributed by atoms with Gasteiger partial charge in [-0.1, -0.05) is 26.0 Å². The molecule has 34 heavy (non-hydrogen) atoms. The average molecular weight is 514 g/mol. The molecule has 0 aliphatic heterocycles. The van der Waals surface area contributed by atoms with Gasteiger partial charge in [0.05, 0.1) is 9.79 Å². The number of rotatable bonds is 8. The minimum Gasteiger partial charge on any atom is -0.480 e. The number of benzene rings is 2. The van der Waals surface area contributed by atoms with Crippen LogP contribution in [0.4, 0.5) is 4.79 Å². The van der Waals surface area contributed by atoms with Gasteiger partial charge in [-0.25, -0.2) is 9.59 Å². The normalized spacial score (nSPS) is 14.4. The lowest BCUT2D eigenvalue weighted by atomic mass is 9.98. The van der Waals surface area contributed by atoms with Gasteiger partial charge in [0, 0.05) is 5.92 Å². The molecule has 0 aromatic heterocycles. The molecule has 184 valence electrons. The van der Waals surface area contributed by atoms with Crippen LogP contribution in [0.5, 0.6) is 0 Å². The first-order valence-corrected chi connectivity index (χ1v) is 13.0. The lowest BCUT2D eigenvalue weighted by molar-refractivity contribution is -0.139. The van der Waals surface area contributed by atoms with Crippen molar-refractivity contribution in [3.8, 4) is 11.1 Å². The first-order chi connectivity index (χ1) is 15.7. The minimum atomic E-state index is -4.56. The second-order valence-electron chi connectivity index (χ2n) is 8.26. The highest BCUT2D eigenvalue weighted by molar-refractivity contribution is 7.86. The zero-order valence-corrected chi connectivity index (χ0v) is 19.8. The summed E-state index contributed by atoms with van der Waals surface area (Å²) in [5, 5.41) is 11.6. The van der Waals surface area contributed by atoms with Gasteiger partial charge >= 0.3 is 12.1 Å². The molecule has 0 fully saturated rings. The molecule has 1 aliphatic rings. The lowest BCUT2D eigenvalue weighted by Crippen LogP contribution is -2.42. The number of fused-ring (bicyclic) bond motifs is 3. The van der Waals surface area contributed by atoms with Crippen molar-refractivity contribution in [2.75, 3.05) is 6.61 Å². The van der Waals surface area contributed by atoms with Gasteiger partial charge < -0.3 is 15.2 Å². The predicted molar refractivity (Wildman–Crippen MR) is 119 cm³/mol. The highest BCUT2D eigenvalue weighted by atomic mass is 32.2. The van der Waals surface area contributed by atoms with Crippen LogP contribution in [-0.2, 0) is 29.8 Å². The van der Waals surface area contributed by atoms with Crippen LogP contribution in [-0.4, -0.2) is 55.8 Å². The lowest BCUT2D eigenvalue weighted by Gasteiger charge is -2.18. The molecule has 4 N–H and O–H groups in total. The molecule has 0 heterocycles. The van der Waals surface area contributed by atoms with Crippen LogP contribution in [0, 0.1) is 5.92 Å². The Hall–Kier alpha value is -3.00. The number of carboxylic acid groups (broad SMARTS) is 1. The van der Waals surface area contributed by atoms with Crippen molar-refractivity contribution in [1.29, 1.82) is 0 Å². The van der Waals surface area contributed by atoms with Crippen molar-refractivity contribution in [2.45, 2.75) is 42.0 Å². The van der Waals surface area contributed by atoms with Gasteiger partial charge in [-0.3, -0.25) is 9.11 Å². The van der Waals surface area contributed by atoms with Crippen molar-refractivity contribution < 1.29 is 45.4 Å². The Bertz CT molecular complexity index is 1270. The van der Waals surface area contributed by atoms with E-state index in [2.05, 4.69) is 5.32 Å². The van der Waals surface area contributed by atoms with E-state index in [1.807, 2.05) is 0 Å². The molecule has 1 amide bonds. The molecule has 2 aromatic rings. The number of carbonyl (C=O) groups is 2. The Morgan fingerprint density at radius 1 is 0.941 bits per heavy atom. The zero-order chi connectivity index (χ0) is 25.4. The van der Waals surface area contributed by atoms with E-state index < -0.39 is 54.0 Å². The van der Waals surface area contributed by atoms with Crippen LogP contribution < -0.4 is 5.32 Å². The molecule has 1 aliphatic carbocycles. The van der Waals surface area contributed by atoms with E-state index in [0.717, 1.165) is 24.3 Å². The highest BCUT2D eigenvalue weighted by Gasteiger charge is 2.32. The summed E-state index contributed by atoms with van der Waals surface area (Å²) in [5.41, 5.74) is 1.51. The van der Waals surface area contributed by atoms with E-state index in [9.17, 15) is 40.6 Å². The quantitative estimate of drug-likeness (QED) is 0.382. The number of carbonyl (C=O) groups excluding carboxylic acids is 1. The fourth-order valence-corrected chi connectivity index (χ4v) is 4.86. The fourth-order valence-electron chi connectivity index (χ4n) is 3.85. The number of alkyl carbamates (subject to hydrolysis) is 1. The maximum absolute atomic E-state index is 12.3. The maximum atomic E-state index is 12.3. The summed E-state index contributed by atoms with van der Waals surface area (Å²) in [6.45, 7) is 3.34. The van der Waals surface area contributed by atoms with Crippen molar-refractivity contribution in [2.24, 2.45) is 5.92 Å². The van der Waals surface area contributed by atoms with Gasteiger partial charge in [0.2, 0.25) is 0 Å². The van der Waals surface area contributed by atoms with Crippen molar-refractivity contribution in [3.63, 3.8) is 0 Å². The van der Waals surface area contributed by atoms with Crippen LogP contribution in [0.3, 0.4) is 0 Å². The Labute approximate surface area is 196 Å². The monoisotopic (exact) mass is 513 g/mol. The van der Waals surface area contributed by atoms with Gasteiger partial charge in [0.15, 0.2) is 0 Å². The van der Waals surface area contributed by atoms with Gasteiger partial charge in [0.1, 0.15) is 12.6 Å². The molecular weight excluding hydrogens is 490 g/mol. The van der Waals surface area contributed by atoms with Crippen molar-refractivity contribution >= 4 is 32.3 Å². The SMILES string of the molecule is CC(C)C[C@H](NC(=O)OCC1c2ccc(S(=O)(=O)O)cc2-c2cc(S(=O)(=O)O)ccc21)C(=O)O. The molecule has 2 aromatic carbocycles. The van der Waals surface area contributed by atoms with E-state index in [-0.39, 0.29) is 30.1 Å². The fraction of sp³-hybridized carbons (Fsp3) is 0.333. The molecule has 0 spiro atoms. The van der Waals surface area contributed by atoms with E-state index in [1.54, 1.807) is 13.8 Å². The van der Waals surface area contributed by atoms with E-state index in [0.29, 0.717) is 11.1 Å². The van der Waals surface area contributed by atoms with E-state index >= 15 is 0 Å². The smallest absolute Gasteiger partial charge is 0.407 e. The summed E-state index contributed by atoms with van der Waals surface area (Å²) in [5.74, 6) is -1.85. The highest BCUT2D eigenvalue weighted by Crippen LogP contribution is 2.46. The number of nitrogens with one attached hydrogen (secondary N) is 1.